The van der Waals surface area contributed by atoms with Crippen LogP contribution < -0.4 is 0 Å². The van der Waals surface area contributed by atoms with Gasteiger partial charge in [-0.05, 0) is 0 Å². The number of rotatable bonds is 6. The van der Waals surface area contributed by atoms with Gasteiger partial charge in [-0.15, -0.1) is 0 Å². The van der Waals surface area contributed by atoms with Crippen molar-refractivity contribution in [3.05, 3.63) is 0 Å². The van der Waals surface area contributed by atoms with Crippen LogP contribution in [0.25, 0.3) is 0 Å². The lowest BCUT2D eigenvalue weighted by Crippen LogP contribution is -2.70. The van der Waals surface area contributed by atoms with E-state index < -0.39 is 86.2 Å². The van der Waals surface area contributed by atoms with E-state index in [0.29, 0.717) is 0 Å². The second-order valence-electron chi connectivity index (χ2n) is 7.27. The average molecular weight is 428 g/mol. The first-order valence-electron chi connectivity index (χ1n) is 9.01. The van der Waals surface area contributed by atoms with Gasteiger partial charge in [-0.1, -0.05) is 13.8 Å². The molecule has 0 aromatic rings. The summed E-state index contributed by atoms with van der Waals surface area (Å²) in [5.74, 6) is -4.65. The largest absolute Gasteiger partial charge is 0.427 e. The van der Waals surface area contributed by atoms with Gasteiger partial charge in [-0.2, -0.15) is 0 Å². The Bertz CT molecular complexity index is 557. The molecule has 2 heterocycles. The molecule has 0 radical (unpaired) electrons. The van der Waals surface area contributed by atoms with Crippen LogP contribution in [0.5, 0.6) is 0 Å². The summed E-state index contributed by atoms with van der Waals surface area (Å²) < 4.78 is 20.3. The molecule has 0 amide bonds. The van der Waals surface area contributed by atoms with Gasteiger partial charge in [0.1, 0.15) is 30.5 Å². The number of carbonyl (C=O) groups is 1. The minimum absolute atomic E-state index is 0.739. The van der Waals surface area contributed by atoms with Crippen molar-refractivity contribution in [1.82, 2.24) is 0 Å². The van der Waals surface area contributed by atoms with Crippen LogP contribution >= 0.6 is 0 Å². The molecule has 2 fully saturated rings. The van der Waals surface area contributed by atoms with Gasteiger partial charge in [0, 0.05) is 0 Å². The highest BCUT2D eigenvalue weighted by Gasteiger charge is 2.60. The number of hydrogen-bond donors (Lipinski definition) is 8. The molecule has 0 aromatic heterocycles. The quantitative estimate of drug-likeness (QED) is 0.147. The Labute approximate surface area is 165 Å². The van der Waals surface area contributed by atoms with Gasteiger partial charge < -0.3 is 59.8 Å². The second-order valence-corrected chi connectivity index (χ2v) is 7.27. The Morgan fingerprint density at radius 3 is 2.07 bits per heavy atom. The van der Waals surface area contributed by atoms with Crippen LogP contribution in [-0.4, -0.2) is 121 Å². The number of carbonyl (C=O) groups excluding carboxylic acids is 1. The Morgan fingerprint density at radius 1 is 0.966 bits per heavy atom. The SMILES string of the molecule is CC(C)C(=O)O[C@]1(O)[C@H](O)[C@H](O[C@H]2[C@H](O)[C@@H](O)[C@H](O)O[C@@H]2CO)O[C@H](CO)[C@H]1O. The predicted octanol–water partition coefficient (Wildman–Crippen LogP) is -4.87. The molecule has 0 bridgehead atoms. The molecule has 0 spiro atoms. The van der Waals surface area contributed by atoms with Gasteiger partial charge in [-0.3, -0.25) is 4.79 Å². The van der Waals surface area contributed by atoms with E-state index in [1.807, 2.05) is 0 Å². The number of esters is 1. The van der Waals surface area contributed by atoms with Crippen LogP contribution in [-0.2, 0) is 23.7 Å². The van der Waals surface area contributed by atoms with E-state index in [9.17, 15) is 45.6 Å². The predicted molar refractivity (Wildman–Crippen MR) is 88.5 cm³/mol. The minimum Gasteiger partial charge on any atom is -0.427 e. The maximum Gasteiger partial charge on any atom is 0.311 e. The van der Waals surface area contributed by atoms with Crippen LogP contribution in [0.3, 0.4) is 0 Å². The lowest BCUT2D eigenvalue weighted by atomic mass is 9.93. The topological polar surface area (TPSA) is 216 Å². The Hall–Kier alpha value is -0.970. The smallest absolute Gasteiger partial charge is 0.311 e. The van der Waals surface area contributed by atoms with Crippen LogP contribution in [0.2, 0.25) is 0 Å². The molecular weight excluding hydrogens is 400 g/mol. The van der Waals surface area contributed by atoms with E-state index in [1.54, 1.807) is 0 Å². The van der Waals surface area contributed by atoms with Crippen LogP contribution in [0.15, 0.2) is 0 Å². The third-order valence-electron chi connectivity index (χ3n) is 4.81. The maximum absolute atomic E-state index is 11.9. The van der Waals surface area contributed by atoms with Crippen LogP contribution in [0.4, 0.5) is 0 Å². The van der Waals surface area contributed by atoms with E-state index in [-0.39, 0.29) is 0 Å². The molecule has 0 saturated carbocycles. The van der Waals surface area contributed by atoms with Gasteiger partial charge in [0.25, 0.3) is 5.79 Å². The van der Waals surface area contributed by atoms with Crippen molar-refractivity contribution in [3.8, 4) is 0 Å². The number of hydrogen-bond acceptors (Lipinski definition) is 13. The third kappa shape index (κ3) is 4.70. The summed E-state index contributed by atoms with van der Waals surface area (Å²) in [4.78, 5) is 11.9. The van der Waals surface area contributed by atoms with Crippen molar-refractivity contribution in [2.75, 3.05) is 13.2 Å². The molecular formula is C16H28O13. The zero-order valence-electron chi connectivity index (χ0n) is 15.8. The highest BCUT2D eigenvalue weighted by atomic mass is 16.7. The molecule has 0 aromatic carbocycles. The van der Waals surface area contributed by atoms with Crippen molar-refractivity contribution in [2.45, 2.75) is 74.9 Å². The van der Waals surface area contributed by atoms with E-state index >= 15 is 0 Å². The standard InChI is InChI=1S/C16H28O13/c1-5(2)13(23)29-16(25)11(21)7(4-18)27-15(12(16)22)28-10-6(3-17)26-14(24)9(20)8(10)19/h5-12,14-15,17-22,24-25H,3-4H2,1-2H3/t6-,7-,8-,9-,10-,11-,12-,14-,15+,16+/m1/s1. The molecule has 10 atom stereocenters. The van der Waals surface area contributed by atoms with Crippen LogP contribution in [0, 0.1) is 5.92 Å². The fourth-order valence-corrected chi connectivity index (χ4v) is 3.00. The average Bonchev–Trinajstić information content (AvgIpc) is 2.68. The monoisotopic (exact) mass is 428 g/mol. The van der Waals surface area contributed by atoms with Gasteiger partial charge in [0.05, 0.1) is 19.1 Å². The fraction of sp³-hybridized carbons (Fsp3) is 0.938. The molecule has 0 unspecified atom stereocenters. The highest BCUT2D eigenvalue weighted by molar-refractivity contribution is 5.72. The summed E-state index contributed by atoms with van der Waals surface area (Å²) in [5, 5.41) is 79.6. The molecule has 29 heavy (non-hydrogen) atoms. The number of aliphatic hydroxyl groups excluding tert-OH is 7. The van der Waals surface area contributed by atoms with Gasteiger partial charge in [-0.25, -0.2) is 0 Å². The van der Waals surface area contributed by atoms with Gasteiger partial charge in [0.15, 0.2) is 24.8 Å². The van der Waals surface area contributed by atoms with E-state index in [1.165, 1.54) is 13.8 Å². The molecule has 8 N–H and O–H groups in total. The second kappa shape index (κ2) is 9.45. The summed E-state index contributed by atoms with van der Waals surface area (Å²) in [7, 11) is 0. The molecule has 0 aliphatic carbocycles. The van der Waals surface area contributed by atoms with E-state index in [4.69, 9.17) is 18.9 Å². The van der Waals surface area contributed by atoms with Gasteiger partial charge in [0.2, 0.25) is 0 Å². The minimum atomic E-state index is -2.94. The number of ether oxygens (including phenoxy) is 4. The summed E-state index contributed by atoms with van der Waals surface area (Å²) in [6.07, 6.45) is -16.2. The zero-order chi connectivity index (χ0) is 22.1. The van der Waals surface area contributed by atoms with E-state index in [0.717, 1.165) is 0 Å². The molecule has 2 aliphatic heterocycles. The number of aliphatic hydroxyl groups is 8. The fourth-order valence-electron chi connectivity index (χ4n) is 3.00. The van der Waals surface area contributed by atoms with E-state index in [2.05, 4.69) is 0 Å². The van der Waals surface area contributed by atoms with Gasteiger partial charge >= 0.3 is 5.97 Å². The molecule has 170 valence electrons. The lowest BCUT2D eigenvalue weighted by Gasteiger charge is -2.48. The Kier molecular flexibility index (Phi) is 7.92. The summed E-state index contributed by atoms with van der Waals surface area (Å²) in [6, 6.07) is 0. The van der Waals surface area contributed by atoms with Crippen molar-refractivity contribution in [3.63, 3.8) is 0 Å². The third-order valence-corrected chi connectivity index (χ3v) is 4.81. The first-order valence-corrected chi connectivity index (χ1v) is 9.01. The normalized spacial score (nSPS) is 46.0. The molecule has 13 nitrogen and oxygen atoms in total. The van der Waals surface area contributed by atoms with Crippen molar-refractivity contribution >= 4 is 5.97 Å². The molecule has 2 aliphatic rings. The summed E-state index contributed by atoms with van der Waals surface area (Å²) in [6.45, 7) is 1.24. The maximum atomic E-state index is 11.9. The first kappa shape index (κ1) is 24.3. The summed E-state index contributed by atoms with van der Waals surface area (Å²) in [5.41, 5.74) is 0. The first-order chi connectivity index (χ1) is 13.5. The van der Waals surface area contributed by atoms with Crippen molar-refractivity contribution < 1.29 is 64.6 Å². The van der Waals surface area contributed by atoms with Crippen molar-refractivity contribution in [1.29, 1.82) is 0 Å². The van der Waals surface area contributed by atoms with Crippen molar-refractivity contribution in [2.24, 2.45) is 5.92 Å². The van der Waals surface area contributed by atoms with Crippen LogP contribution in [0.1, 0.15) is 13.8 Å². The molecule has 13 heteroatoms. The molecule has 2 rings (SSSR count). The lowest BCUT2D eigenvalue weighted by molar-refractivity contribution is -0.407. The summed E-state index contributed by atoms with van der Waals surface area (Å²) >= 11 is 0. The zero-order valence-corrected chi connectivity index (χ0v) is 15.8. The Balaban J connectivity index is 2.28. The molecule has 2 saturated heterocycles. The highest BCUT2D eigenvalue weighted by Crippen LogP contribution is 2.34. The Morgan fingerprint density at radius 2 is 1.55 bits per heavy atom.